The van der Waals surface area contributed by atoms with E-state index in [9.17, 15) is 34.8 Å². The third-order valence-corrected chi connectivity index (χ3v) is 4.47. The fourth-order valence-corrected chi connectivity index (χ4v) is 2.99. The molecule has 1 aliphatic rings. The standard InChI is InChI=1S/C19H24N2O9/c1-9(23)20-15-11(24)7-13(30-17(15)16(26)12(25)8-22)18(27)21-14(19(28)29)10-5-3-2-4-6-10/h2-7,11-12,14-17,22,24-26H,8H2,1H3,(H,20,23)(H,21,27)(H,28,29)/t11-,12+,14-,15+,16+,17+/m0/s1. The number of carboxylic acid groups (broad SMARTS) is 1. The molecule has 164 valence electrons. The fraction of sp³-hybridized carbons (Fsp3) is 0.421. The van der Waals surface area contributed by atoms with Crippen LogP contribution in [0.15, 0.2) is 42.2 Å². The Labute approximate surface area is 171 Å². The van der Waals surface area contributed by atoms with Crippen LogP contribution in [0.3, 0.4) is 0 Å². The highest BCUT2D eigenvalue weighted by atomic mass is 16.5. The number of carboxylic acids is 1. The third kappa shape index (κ3) is 5.54. The molecule has 1 aliphatic heterocycles. The summed E-state index contributed by atoms with van der Waals surface area (Å²) in [4.78, 5) is 35.6. The number of carbonyl (C=O) groups is 3. The summed E-state index contributed by atoms with van der Waals surface area (Å²) in [5.74, 6) is -3.42. The Morgan fingerprint density at radius 1 is 1.17 bits per heavy atom. The minimum atomic E-state index is -1.78. The average molecular weight is 424 g/mol. The molecule has 2 amide bonds. The molecule has 0 unspecified atom stereocenters. The van der Waals surface area contributed by atoms with E-state index >= 15 is 0 Å². The highest BCUT2D eigenvalue weighted by Gasteiger charge is 2.43. The highest BCUT2D eigenvalue weighted by Crippen LogP contribution is 2.24. The van der Waals surface area contributed by atoms with Crippen molar-refractivity contribution in [1.29, 1.82) is 0 Å². The minimum Gasteiger partial charge on any atom is -0.480 e. The number of hydrogen-bond acceptors (Lipinski definition) is 8. The van der Waals surface area contributed by atoms with Crippen molar-refractivity contribution in [3.05, 3.63) is 47.7 Å². The highest BCUT2D eigenvalue weighted by molar-refractivity contribution is 5.95. The van der Waals surface area contributed by atoms with Crippen molar-refractivity contribution in [3.63, 3.8) is 0 Å². The Balaban J connectivity index is 2.27. The van der Waals surface area contributed by atoms with Crippen LogP contribution in [0.1, 0.15) is 18.5 Å². The van der Waals surface area contributed by atoms with Crippen molar-refractivity contribution in [3.8, 4) is 0 Å². The summed E-state index contributed by atoms with van der Waals surface area (Å²) in [7, 11) is 0. The van der Waals surface area contributed by atoms with Crippen LogP contribution >= 0.6 is 0 Å². The molecule has 6 atom stereocenters. The number of rotatable bonds is 8. The van der Waals surface area contributed by atoms with Crippen molar-refractivity contribution in [1.82, 2.24) is 10.6 Å². The van der Waals surface area contributed by atoms with Gasteiger partial charge in [-0.2, -0.15) is 0 Å². The maximum Gasteiger partial charge on any atom is 0.330 e. The molecule has 0 aliphatic carbocycles. The predicted molar refractivity (Wildman–Crippen MR) is 101 cm³/mol. The molecule has 0 radical (unpaired) electrons. The first kappa shape index (κ1) is 23.3. The van der Waals surface area contributed by atoms with Gasteiger partial charge in [0.25, 0.3) is 5.91 Å². The van der Waals surface area contributed by atoms with Crippen molar-refractivity contribution in [2.75, 3.05) is 6.61 Å². The second kappa shape index (κ2) is 10.2. The summed E-state index contributed by atoms with van der Waals surface area (Å²) in [6, 6.07) is 5.21. The molecule has 0 saturated carbocycles. The van der Waals surface area contributed by atoms with Gasteiger partial charge in [0.05, 0.1) is 12.6 Å². The van der Waals surface area contributed by atoms with E-state index in [1.54, 1.807) is 18.2 Å². The topological polar surface area (TPSA) is 186 Å². The molecule has 2 rings (SSSR count). The molecule has 0 aromatic heterocycles. The lowest BCUT2D eigenvalue weighted by atomic mass is 9.93. The number of benzene rings is 1. The molecular formula is C19H24N2O9. The van der Waals surface area contributed by atoms with E-state index < -0.39 is 66.6 Å². The molecule has 1 heterocycles. The number of hydrogen-bond donors (Lipinski definition) is 7. The molecule has 0 saturated heterocycles. The lowest BCUT2D eigenvalue weighted by Crippen LogP contribution is -2.60. The van der Waals surface area contributed by atoms with Crippen LogP contribution in [0, 0.1) is 0 Å². The molecule has 30 heavy (non-hydrogen) atoms. The zero-order valence-corrected chi connectivity index (χ0v) is 16.0. The number of nitrogens with one attached hydrogen (secondary N) is 2. The lowest BCUT2D eigenvalue weighted by molar-refractivity contribution is -0.145. The normalized spacial score (nSPS) is 23.9. The van der Waals surface area contributed by atoms with Crippen LogP contribution in [-0.2, 0) is 19.1 Å². The van der Waals surface area contributed by atoms with E-state index in [0.717, 1.165) is 13.0 Å². The van der Waals surface area contributed by atoms with E-state index in [1.165, 1.54) is 12.1 Å². The van der Waals surface area contributed by atoms with Crippen LogP contribution in [0.4, 0.5) is 0 Å². The zero-order chi connectivity index (χ0) is 22.4. The molecule has 7 N–H and O–H groups in total. The number of aliphatic hydroxyl groups is 4. The van der Waals surface area contributed by atoms with Crippen LogP contribution in [0.25, 0.3) is 0 Å². The Kier molecular flexibility index (Phi) is 7.89. The summed E-state index contributed by atoms with van der Waals surface area (Å²) in [5.41, 5.74) is 0.290. The van der Waals surface area contributed by atoms with Gasteiger partial charge in [0.15, 0.2) is 17.9 Å². The first-order valence-corrected chi connectivity index (χ1v) is 9.05. The first-order valence-electron chi connectivity index (χ1n) is 9.05. The van der Waals surface area contributed by atoms with E-state index in [1.807, 2.05) is 0 Å². The molecule has 11 heteroatoms. The molecule has 0 spiro atoms. The Morgan fingerprint density at radius 3 is 2.33 bits per heavy atom. The number of amides is 2. The average Bonchev–Trinajstić information content (AvgIpc) is 2.72. The summed E-state index contributed by atoms with van der Waals surface area (Å²) in [6.45, 7) is 0.312. The molecule has 0 fully saturated rings. The quantitative estimate of drug-likeness (QED) is 0.243. The number of aliphatic hydroxyl groups excluding tert-OH is 4. The second-order valence-electron chi connectivity index (χ2n) is 6.73. The SMILES string of the molecule is CC(=O)N[C@H]1[C@H]([C@H](O)[C@H](O)CO)OC(C(=O)N[C@H](C(=O)O)c2ccccc2)=C[C@@H]1O. The number of carbonyl (C=O) groups excluding carboxylic acids is 2. The molecule has 11 nitrogen and oxygen atoms in total. The predicted octanol–water partition coefficient (Wildman–Crippen LogP) is -2.21. The third-order valence-electron chi connectivity index (χ3n) is 4.47. The molecular weight excluding hydrogens is 400 g/mol. The van der Waals surface area contributed by atoms with Gasteiger partial charge in [-0.25, -0.2) is 4.79 Å². The Morgan fingerprint density at radius 2 is 1.80 bits per heavy atom. The van der Waals surface area contributed by atoms with Crippen molar-refractivity contribution >= 4 is 17.8 Å². The largest absolute Gasteiger partial charge is 0.480 e. The van der Waals surface area contributed by atoms with E-state index in [2.05, 4.69) is 10.6 Å². The van der Waals surface area contributed by atoms with Gasteiger partial charge >= 0.3 is 5.97 Å². The summed E-state index contributed by atoms with van der Waals surface area (Å²) in [6.07, 6.45) is -5.51. The Bertz CT molecular complexity index is 798. The minimum absolute atomic E-state index is 0.290. The second-order valence-corrected chi connectivity index (χ2v) is 6.73. The van der Waals surface area contributed by atoms with Crippen LogP contribution < -0.4 is 10.6 Å². The summed E-state index contributed by atoms with van der Waals surface area (Å²) >= 11 is 0. The van der Waals surface area contributed by atoms with Crippen molar-refractivity contribution in [2.24, 2.45) is 0 Å². The zero-order valence-electron chi connectivity index (χ0n) is 16.0. The van der Waals surface area contributed by atoms with Gasteiger partial charge in [-0.05, 0) is 11.6 Å². The van der Waals surface area contributed by atoms with Crippen LogP contribution in [-0.4, -0.2) is 80.4 Å². The first-order chi connectivity index (χ1) is 14.1. The van der Waals surface area contributed by atoms with Gasteiger partial charge in [-0.1, -0.05) is 30.3 Å². The van der Waals surface area contributed by atoms with Gasteiger partial charge in [-0.15, -0.1) is 0 Å². The maximum atomic E-state index is 12.6. The molecule has 1 aromatic carbocycles. The van der Waals surface area contributed by atoms with Gasteiger partial charge in [-0.3, -0.25) is 9.59 Å². The maximum absolute atomic E-state index is 12.6. The van der Waals surface area contributed by atoms with Crippen LogP contribution in [0.2, 0.25) is 0 Å². The fourth-order valence-electron chi connectivity index (χ4n) is 2.99. The molecule has 1 aromatic rings. The van der Waals surface area contributed by atoms with E-state index in [-0.39, 0.29) is 0 Å². The monoisotopic (exact) mass is 424 g/mol. The van der Waals surface area contributed by atoms with Gasteiger partial charge in [0.2, 0.25) is 5.91 Å². The van der Waals surface area contributed by atoms with Gasteiger partial charge < -0.3 is 40.9 Å². The van der Waals surface area contributed by atoms with Crippen molar-refractivity contribution in [2.45, 2.75) is 43.4 Å². The van der Waals surface area contributed by atoms with Gasteiger partial charge in [0, 0.05) is 6.92 Å². The van der Waals surface area contributed by atoms with Gasteiger partial charge in [0.1, 0.15) is 18.3 Å². The van der Waals surface area contributed by atoms with Crippen molar-refractivity contribution < 1.29 is 44.7 Å². The lowest BCUT2D eigenvalue weighted by Gasteiger charge is -2.38. The molecule has 0 bridgehead atoms. The van der Waals surface area contributed by atoms with Crippen LogP contribution in [0.5, 0.6) is 0 Å². The summed E-state index contributed by atoms with van der Waals surface area (Å²) < 4.78 is 5.39. The van der Waals surface area contributed by atoms with E-state index in [4.69, 9.17) is 9.84 Å². The number of ether oxygens (including phenoxy) is 1. The smallest absolute Gasteiger partial charge is 0.330 e. The summed E-state index contributed by atoms with van der Waals surface area (Å²) in [5, 5.41) is 53.4. The number of aliphatic carboxylic acids is 1. The Hall–Kier alpha value is -2.99. The van der Waals surface area contributed by atoms with E-state index in [0.29, 0.717) is 5.56 Å².